The molecule has 0 fully saturated rings. The average molecular weight is 293 g/mol. The Morgan fingerprint density at radius 3 is 2.52 bits per heavy atom. The van der Waals surface area contributed by atoms with E-state index >= 15 is 0 Å². The molecular formula is C15H23N3O3. The van der Waals surface area contributed by atoms with E-state index in [0.717, 1.165) is 18.7 Å². The van der Waals surface area contributed by atoms with Crippen molar-refractivity contribution in [3.8, 4) is 0 Å². The molecule has 0 atom stereocenters. The lowest BCUT2D eigenvalue weighted by atomic mass is 10.0. The molecule has 116 valence electrons. The van der Waals surface area contributed by atoms with Crippen LogP contribution in [0.15, 0.2) is 12.1 Å². The van der Waals surface area contributed by atoms with Crippen molar-refractivity contribution in [2.75, 3.05) is 32.0 Å². The zero-order valence-corrected chi connectivity index (χ0v) is 13.0. The third kappa shape index (κ3) is 5.07. The van der Waals surface area contributed by atoms with Gasteiger partial charge in [0, 0.05) is 18.8 Å². The number of likely N-dealkylation sites (N-methyl/N-ethyl adjacent to an activating group) is 1. The van der Waals surface area contributed by atoms with Gasteiger partial charge in [0.25, 0.3) is 0 Å². The van der Waals surface area contributed by atoms with E-state index < -0.39 is 5.97 Å². The number of carbonyl (C=O) groups excluding carboxylic acids is 1. The highest BCUT2D eigenvalue weighted by Crippen LogP contribution is 2.19. The second kappa shape index (κ2) is 7.64. The number of anilines is 1. The van der Waals surface area contributed by atoms with Gasteiger partial charge in [0.15, 0.2) is 0 Å². The summed E-state index contributed by atoms with van der Waals surface area (Å²) in [5.41, 5.74) is 2.22. The van der Waals surface area contributed by atoms with E-state index in [2.05, 4.69) is 15.5 Å². The van der Waals surface area contributed by atoms with Crippen LogP contribution in [0.2, 0.25) is 0 Å². The smallest absolute Gasteiger partial charge is 0.336 e. The SMILES string of the molecule is CCN(C)CCNC(=O)Nc1cc(C)c(C)c(C(=O)O)c1. The van der Waals surface area contributed by atoms with Gasteiger partial charge >= 0.3 is 12.0 Å². The van der Waals surface area contributed by atoms with Gasteiger partial charge in [-0.2, -0.15) is 0 Å². The van der Waals surface area contributed by atoms with Crippen molar-refractivity contribution in [1.82, 2.24) is 10.2 Å². The van der Waals surface area contributed by atoms with E-state index in [1.165, 1.54) is 6.07 Å². The predicted molar refractivity (Wildman–Crippen MR) is 83.1 cm³/mol. The molecule has 0 aliphatic rings. The Bertz CT molecular complexity index is 529. The number of amides is 2. The fraction of sp³-hybridized carbons (Fsp3) is 0.467. The molecule has 0 aliphatic heterocycles. The summed E-state index contributed by atoms with van der Waals surface area (Å²) in [7, 11) is 1.97. The Kier molecular flexibility index (Phi) is 6.17. The summed E-state index contributed by atoms with van der Waals surface area (Å²) in [4.78, 5) is 25.0. The number of hydrogen-bond acceptors (Lipinski definition) is 3. The number of carboxylic acids is 1. The molecule has 21 heavy (non-hydrogen) atoms. The number of rotatable bonds is 6. The highest BCUT2D eigenvalue weighted by Gasteiger charge is 2.12. The summed E-state index contributed by atoms with van der Waals surface area (Å²) >= 11 is 0. The Hall–Kier alpha value is -2.08. The molecule has 0 radical (unpaired) electrons. The molecule has 0 saturated carbocycles. The normalized spacial score (nSPS) is 10.5. The summed E-state index contributed by atoms with van der Waals surface area (Å²) in [6, 6.07) is 2.90. The number of carboxylic acid groups (broad SMARTS) is 1. The molecular weight excluding hydrogens is 270 g/mol. The Morgan fingerprint density at radius 2 is 1.95 bits per heavy atom. The van der Waals surface area contributed by atoms with Gasteiger partial charge in [-0.1, -0.05) is 6.92 Å². The zero-order chi connectivity index (χ0) is 16.0. The number of nitrogens with zero attached hydrogens (tertiary/aromatic N) is 1. The lowest BCUT2D eigenvalue weighted by molar-refractivity contribution is 0.0696. The molecule has 1 aromatic carbocycles. The van der Waals surface area contributed by atoms with Crippen molar-refractivity contribution in [3.63, 3.8) is 0 Å². The first kappa shape index (κ1) is 17.0. The van der Waals surface area contributed by atoms with E-state index in [0.29, 0.717) is 17.8 Å². The molecule has 0 unspecified atom stereocenters. The fourth-order valence-electron chi connectivity index (χ4n) is 1.85. The molecule has 0 saturated heterocycles. The highest BCUT2D eigenvalue weighted by atomic mass is 16.4. The topological polar surface area (TPSA) is 81.7 Å². The van der Waals surface area contributed by atoms with Crippen LogP contribution in [0.4, 0.5) is 10.5 Å². The number of aromatic carboxylic acids is 1. The van der Waals surface area contributed by atoms with Crippen LogP contribution in [0.3, 0.4) is 0 Å². The minimum atomic E-state index is -0.996. The minimum Gasteiger partial charge on any atom is -0.478 e. The van der Waals surface area contributed by atoms with Gasteiger partial charge in [0.2, 0.25) is 0 Å². The second-order valence-electron chi connectivity index (χ2n) is 5.05. The van der Waals surface area contributed by atoms with Gasteiger partial charge in [-0.15, -0.1) is 0 Å². The number of urea groups is 1. The molecule has 0 aromatic heterocycles. The maximum Gasteiger partial charge on any atom is 0.336 e. The van der Waals surface area contributed by atoms with Crippen LogP contribution in [-0.4, -0.2) is 48.7 Å². The van der Waals surface area contributed by atoms with Crippen LogP contribution >= 0.6 is 0 Å². The number of aryl methyl sites for hydroxylation is 1. The van der Waals surface area contributed by atoms with E-state index in [1.54, 1.807) is 13.0 Å². The first-order valence-corrected chi connectivity index (χ1v) is 6.93. The number of carbonyl (C=O) groups is 2. The molecule has 6 heteroatoms. The Morgan fingerprint density at radius 1 is 1.29 bits per heavy atom. The highest BCUT2D eigenvalue weighted by molar-refractivity contribution is 5.94. The first-order valence-electron chi connectivity index (χ1n) is 6.93. The minimum absolute atomic E-state index is 0.205. The molecule has 0 bridgehead atoms. The molecule has 0 spiro atoms. The van der Waals surface area contributed by atoms with Crippen LogP contribution in [0, 0.1) is 13.8 Å². The van der Waals surface area contributed by atoms with Crippen molar-refractivity contribution in [3.05, 3.63) is 28.8 Å². The number of benzene rings is 1. The molecule has 3 N–H and O–H groups in total. The molecule has 6 nitrogen and oxygen atoms in total. The van der Waals surface area contributed by atoms with Crippen molar-refractivity contribution in [2.24, 2.45) is 0 Å². The van der Waals surface area contributed by atoms with Gasteiger partial charge in [0.1, 0.15) is 0 Å². The van der Waals surface area contributed by atoms with E-state index in [9.17, 15) is 9.59 Å². The summed E-state index contributed by atoms with van der Waals surface area (Å²) < 4.78 is 0. The van der Waals surface area contributed by atoms with Gasteiger partial charge in [0.05, 0.1) is 5.56 Å². The van der Waals surface area contributed by atoms with Crippen molar-refractivity contribution < 1.29 is 14.7 Å². The van der Waals surface area contributed by atoms with Gasteiger partial charge in [-0.05, 0) is 50.7 Å². The lowest BCUT2D eigenvalue weighted by Gasteiger charge is -2.15. The molecule has 1 rings (SSSR count). The second-order valence-corrected chi connectivity index (χ2v) is 5.05. The maximum atomic E-state index is 11.8. The maximum absolute atomic E-state index is 11.8. The summed E-state index contributed by atoms with van der Waals surface area (Å²) in [6.07, 6.45) is 0. The Balaban J connectivity index is 2.66. The van der Waals surface area contributed by atoms with E-state index in [-0.39, 0.29) is 11.6 Å². The summed E-state index contributed by atoms with van der Waals surface area (Å²) in [5, 5.41) is 14.5. The Labute approximate surface area is 125 Å². The lowest BCUT2D eigenvalue weighted by Crippen LogP contribution is -2.35. The third-order valence-corrected chi connectivity index (χ3v) is 3.47. The van der Waals surface area contributed by atoms with Crippen molar-refractivity contribution in [2.45, 2.75) is 20.8 Å². The largest absolute Gasteiger partial charge is 0.478 e. The standard InChI is InChI=1S/C15H23N3O3/c1-5-18(4)7-6-16-15(21)17-12-8-10(2)11(3)13(9-12)14(19)20/h8-9H,5-7H2,1-4H3,(H,19,20)(H2,16,17,21). The summed E-state index contributed by atoms with van der Waals surface area (Å²) in [6.45, 7) is 7.83. The monoisotopic (exact) mass is 293 g/mol. The zero-order valence-electron chi connectivity index (χ0n) is 13.0. The van der Waals surface area contributed by atoms with Gasteiger partial charge in [-0.3, -0.25) is 0 Å². The van der Waals surface area contributed by atoms with E-state index in [4.69, 9.17) is 5.11 Å². The average Bonchev–Trinajstić information content (AvgIpc) is 2.42. The summed E-state index contributed by atoms with van der Waals surface area (Å²) in [5.74, 6) is -0.996. The van der Waals surface area contributed by atoms with Crippen LogP contribution < -0.4 is 10.6 Å². The first-order chi connectivity index (χ1) is 9.85. The number of hydrogen-bond donors (Lipinski definition) is 3. The van der Waals surface area contributed by atoms with E-state index in [1.807, 2.05) is 20.9 Å². The van der Waals surface area contributed by atoms with Crippen LogP contribution in [-0.2, 0) is 0 Å². The van der Waals surface area contributed by atoms with Gasteiger partial charge < -0.3 is 20.6 Å². The van der Waals surface area contributed by atoms with Crippen LogP contribution in [0.25, 0.3) is 0 Å². The van der Waals surface area contributed by atoms with Crippen LogP contribution in [0.5, 0.6) is 0 Å². The molecule has 0 aliphatic carbocycles. The fourth-order valence-corrected chi connectivity index (χ4v) is 1.85. The molecule has 2 amide bonds. The van der Waals surface area contributed by atoms with Crippen LogP contribution in [0.1, 0.15) is 28.4 Å². The predicted octanol–water partition coefficient (Wildman–Crippen LogP) is 2.07. The quantitative estimate of drug-likeness (QED) is 0.750. The molecule has 1 aromatic rings. The van der Waals surface area contributed by atoms with Crippen molar-refractivity contribution in [1.29, 1.82) is 0 Å². The van der Waals surface area contributed by atoms with Gasteiger partial charge in [-0.25, -0.2) is 9.59 Å². The third-order valence-electron chi connectivity index (χ3n) is 3.47. The number of nitrogens with one attached hydrogen (secondary N) is 2. The van der Waals surface area contributed by atoms with Crippen molar-refractivity contribution >= 4 is 17.7 Å². The molecule has 0 heterocycles.